The van der Waals surface area contributed by atoms with Crippen molar-refractivity contribution in [3.05, 3.63) is 112 Å². The largest absolute Gasteiger partial charge is 0.495 e. The van der Waals surface area contributed by atoms with Gasteiger partial charge in [-0.3, -0.25) is 13.9 Å². The molecule has 0 aromatic heterocycles. The molecule has 0 bridgehead atoms. The monoisotopic (exact) mass is 785 g/mol. The Morgan fingerprint density at radius 3 is 2.18 bits per heavy atom. The van der Waals surface area contributed by atoms with Gasteiger partial charge in [0.2, 0.25) is 11.8 Å². The normalized spacial score (nSPS) is 11.7. The van der Waals surface area contributed by atoms with Crippen molar-refractivity contribution in [3.8, 4) is 17.2 Å². The van der Waals surface area contributed by atoms with E-state index in [0.717, 1.165) is 32.7 Å². The number of ether oxygens (including phenoxy) is 3. The van der Waals surface area contributed by atoms with Crippen LogP contribution in [-0.4, -0.2) is 65.6 Å². The van der Waals surface area contributed by atoms with Crippen LogP contribution in [0, 0.1) is 0 Å². The van der Waals surface area contributed by atoms with Crippen LogP contribution in [0.4, 0.5) is 5.69 Å². The number of carbonyl (C=O) groups excluding carboxylic acids is 2. The van der Waals surface area contributed by atoms with E-state index in [1.165, 1.54) is 56.6 Å². The van der Waals surface area contributed by atoms with Crippen molar-refractivity contribution in [3.63, 3.8) is 0 Å². The second kappa shape index (κ2) is 18.1. The fourth-order valence-corrected chi connectivity index (χ4v) is 7.41. The Morgan fingerprint density at radius 1 is 0.840 bits per heavy atom. The van der Waals surface area contributed by atoms with E-state index in [4.69, 9.17) is 25.8 Å². The summed E-state index contributed by atoms with van der Waals surface area (Å²) in [4.78, 5) is 30.0. The summed E-state index contributed by atoms with van der Waals surface area (Å²) in [7, 11) is -0.254. The molecule has 0 aliphatic rings. The third-order valence-corrected chi connectivity index (χ3v) is 10.5. The number of anilines is 1. The first-order valence-corrected chi connectivity index (χ1v) is 18.6. The number of hydrogen-bond donors (Lipinski definition) is 1. The van der Waals surface area contributed by atoms with E-state index in [1.54, 1.807) is 6.07 Å². The molecule has 13 heteroatoms. The van der Waals surface area contributed by atoms with E-state index in [-0.39, 0.29) is 46.0 Å². The molecule has 0 aliphatic heterocycles. The van der Waals surface area contributed by atoms with Crippen molar-refractivity contribution >= 4 is 55.1 Å². The summed E-state index contributed by atoms with van der Waals surface area (Å²) in [5.41, 5.74) is 1.61. The molecule has 0 saturated carbocycles. The molecule has 0 saturated heterocycles. The van der Waals surface area contributed by atoms with Crippen LogP contribution in [0.1, 0.15) is 30.9 Å². The Morgan fingerprint density at radius 2 is 1.52 bits per heavy atom. The Balaban J connectivity index is 1.87. The van der Waals surface area contributed by atoms with Crippen LogP contribution in [0.3, 0.4) is 0 Å². The fourth-order valence-electron chi connectivity index (χ4n) is 5.37. The highest BCUT2D eigenvalue weighted by Crippen LogP contribution is 2.37. The van der Waals surface area contributed by atoms with Crippen molar-refractivity contribution in [2.75, 3.05) is 38.7 Å². The molecule has 10 nitrogen and oxygen atoms in total. The number of rotatable bonds is 17. The number of unbranched alkanes of at least 4 members (excludes halogenated alkanes) is 1. The molecule has 4 aromatic rings. The second-order valence-electron chi connectivity index (χ2n) is 11.3. The first-order valence-electron chi connectivity index (χ1n) is 16.0. The zero-order chi connectivity index (χ0) is 36.3. The molecular formula is C37H41BrClN3O7S. The van der Waals surface area contributed by atoms with Gasteiger partial charge in [-0.1, -0.05) is 83.3 Å². The van der Waals surface area contributed by atoms with Gasteiger partial charge in [0.1, 0.15) is 18.3 Å². The van der Waals surface area contributed by atoms with Crippen LogP contribution in [-0.2, 0) is 32.6 Å². The maximum absolute atomic E-state index is 14.8. The summed E-state index contributed by atoms with van der Waals surface area (Å²) in [6.07, 6.45) is 1.82. The van der Waals surface area contributed by atoms with Gasteiger partial charge in [0.15, 0.2) is 11.5 Å². The molecule has 266 valence electrons. The number of sulfonamides is 1. The minimum absolute atomic E-state index is 0.0217. The summed E-state index contributed by atoms with van der Waals surface area (Å²) < 4.78 is 47.2. The highest BCUT2D eigenvalue weighted by molar-refractivity contribution is 9.10. The van der Waals surface area contributed by atoms with Crippen molar-refractivity contribution in [2.45, 2.75) is 43.7 Å². The van der Waals surface area contributed by atoms with Crippen LogP contribution in [0.5, 0.6) is 17.2 Å². The smallest absolute Gasteiger partial charge is 0.265 e. The SMILES string of the molecule is CCCCNC(=O)[C@@H](Cc1ccccc1)N(Cc1cccc(Br)c1)C(=O)CN(c1cc(Cl)ccc1OC)S(=O)(=O)c1ccc(OC)c(OC)c1. The lowest BCUT2D eigenvalue weighted by Crippen LogP contribution is -2.53. The van der Waals surface area contributed by atoms with Crippen molar-refractivity contribution < 1.29 is 32.2 Å². The number of nitrogens with zero attached hydrogens (tertiary/aromatic N) is 2. The fraction of sp³-hybridized carbons (Fsp3) is 0.297. The molecule has 1 N–H and O–H groups in total. The van der Waals surface area contributed by atoms with Crippen molar-refractivity contribution in [1.29, 1.82) is 0 Å². The van der Waals surface area contributed by atoms with E-state index in [2.05, 4.69) is 21.2 Å². The Kier molecular flexibility index (Phi) is 14.0. The average Bonchev–Trinajstić information content (AvgIpc) is 3.12. The molecule has 1 atom stereocenters. The van der Waals surface area contributed by atoms with E-state index >= 15 is 0 Å². The Bertz CT molecular complexity index is 1880. The molecule has 2 amide bonds. The summed E-state index contributed by atoms with van der Waals surface area (Å²) >= 11 is 9.90. The molecule has 0 spiro atoms. The van der Waals surface area contributed by atoms with Gasteiger partial charge in [0.25, 0.3) is 10.0 Å². The molecular weight excluding hydrogens is 746 g/mol. The summed E-state index contributed by atoms with van der Waals surface area (Å²) in [5, 5.41) is 3.22. The third kappa shape index (κ3) is 9.70. The van der Waals surface area contributed by atoms with E-state index in [1.807, 2.05) is 61.5 Å². The van der Waals surface area contributed by atoms with Gasteiger partial charge in [0.05, 0.1) is 31.9 Å². The van der Waals surface area contributed by atoms with Crippen molar-refractivity contribution in [2.24, 2.45) is 0 Å². The van der Waals surface area contributed by atoms with Gasteiger partial charge in [-0.15, -0.1) is 0 Å². The van der Waals surface area contributed by atoms with Gasteiger partial charge in [-0.05, 0) is 60.0 Å². The Labute approximate surface area is 307 Å². The van der Waals surface area contributed by atoms with Gasteiger partial charge in [-0.2, -0.15) is 0 Å². The molecule has 0 radical (unpaired) electrons. The molecule has 4 rings (SSSR count). The van der Waals surface area contributed by atoms with E-state index in [0.29, 0.717) is 12.3 Å². The third-order valence-electron chi connectivity index (χ3n) is 7.97. The van der Waals surface area contributed by atoms with Crippen LogP contribution < -0.4 is 23.8 Å². The predicted molar refractivity (Wildman–Crippen MR) is 199 cm³/mol. The van der Waals surface area contributed by atoms with E-state index < -0.39 is 28.5 Å². The van der Waals surface area contributed by atoms with Gasteiger partial charge in [0, 0.05) is 35.1 Å². The molecule has 0 unspecified atom stereocenters. The summed E-state index contributed by atoms with van der Waals surface area (Å²) in [6.45, 7) is 1.79. The first-order chi connectivity index (χ1) is 24.0. The number of hydrogen-bond acceptors (Lipinski definition) is 7. The predicted octanol–water partition coefficient (Wildman–Crippen LogP) is 6.88. The quantitative estimate of drug-likeness (QED) is 0.116. The Hall–Kier alpha value is -4.26. The first kappa shape index (κ1) is 38.5. The molecule has 0 heterocycles. The number of benzene rings is 4. The van der Waals surface area contributed by atoms with Crippen LogP contribution in [0.2, 0.25) is 5.02 Å². The molecule has 4 aromatic carbocycles. The number of halogens is 2. The van der Waals surface area contributed by atoms with Crippen molar-refractivity contribution in [1.82, 2.24) is 10.2 Å². The van der Waals surface area contributed by atoms with Gasteiger partial charge >= 0.3 is 0 Å². The molecule has 0 aliphatic carbocycles. The highest BCUT2D eigenvalue weighted by Gasteiger charge is 2.36. The van der Waals surface area contributed by atoms with Gasteiger partial charge < -0.3 is 24.4 Å². The molecule has 0 fully saturated rings. The maximum Gasteiger partial charge on any atom is 0.265 e. The number of methoxy groups -OCH3 is 3. The minimum Gasteiger partial charge on any atom is -0.495 e. The highest BCUT2D eigenvalue weighted by atomic mass is 79.9. The topological polar surface area (TPSA) is 114 Å². The second-order valence-corrected chi connectivity index (χ2v) is 14.6. The lowest BCUT2D eigenvalue weighted by Gasteiger charge is -2.34. The average molecular weight is 787 g/mol. The zero-order valence-electron chi connectivity index (χ0n) is 28.4. The van der Waals surface area contributed by atoms with Gasteiger partial charge in [-0.25, -0.2) is 8.42 Å². The number of amides is 2. The lowest BCUT2D eigenvalue weighted by molar-refractivity contribution is -0.140. The zero-order valence-corrected chi connectivity index (χ0v) is 31.6. The van der Waals surface area contributed by atoms with Crippen LogP contribution in [0.15, 0.2) is 100 Å². The minimum atomic E-state index is -4.49. The van der Waals surface area contributed by atoms with E-state index in [9.17, 15) is 18.0 Å². The number of nitrogens with one attached hydrogen (secondary N) is 1. The number of carbonyl (C=O) groups is 2. The molecule has 50 heavy (non-hydrogen) atoms. The maximum atomic E-state index is 14.8. The van der Waals surface area contributed by atoms with Crippen LogP contribution in [0.25, 0.3) is 0 Å². The summed E-state index contributed by atoms with van der Waals surface area (Å²) in [5.74, 6) is -0.292. The van der Waals surface area contributed by atoms with Crippen LogP contribution >= 0.6 is 27.5 Å². The lowest BCUT2D eigenvalue weighted by atomic mass is 10.0. The summed E-state index contributed by atoms with van der Waals surface area (Å²) in [6, 6.07) is 24.5. The standard InChI is InChI=1S/C37H41BrClN3O7S/c1-5-6-19-40-37(44)32(21-26-11-8-7-9-12-26)41(24-27-13-10-14-28(38)20-27)36(43)25-42(31-22-29(39)15-17-33(31)47-2)50(45,46)30-16-18-34(48-3)35(23-30)49-4/h7-18,20,22-23,32H,5-6,19,21,24-25H2,1-4H3,(H,40,44)/t32-/m1/s1.